The number of hydrogen-bond donors (Lipinski definition) is 2. The molecule has 5 rings (SSSR count). The van der Waals surface area contributed by atoms with Crippen LogP contribution in [0.3, 0.4) is 0 Å². The van der Waals surface area contributed by atoms with Crippen LogP contribution in [0.1, 0.15) is 32.0 Å². The number of halogens is 2. The molecule has 11 heteroatoms. The predicted molar refractivity (Wildman–Crippen MR) is 129 cm³/mol. The van der Waals surface area contributed by atoms with E-state index >= 15 is 0 Å². The third-order valence-corrected chi connectivity index (χ3v) is 6.34. The second-order valence-corrected chi connectivity index (χ2v) is 8.79. The molecule has 1 aliphatic rings. The molecule has 1 aliphatic heterocycles. The lowest BCUT2D eigenvalue weighted by Crippen LogP contribution is -2.42. The summed E-state index contributed by atoms with van der Waals surface area (Å²) in [7, 11) is 0. The first kappa shape index (κ1) is 23.3. The summed E-state index contributed by atoms with van der Waals surface area (Å²) in [5, 5.41) is 6.97. The summed E-state index contributed by atoms with van der Waals surface area (Å²) in [6.07, 6.45) is 1.52. The second kappa shape index (κ2) is 8.99. The summed E-state index contributed by atoms with van der Waals surface area (Å²) >= 11 is 0. The predicted octanol–water partition coefficient (Wildman–Crippen LogP) is 2.72. The van der Waals surface area contributed by atoms with Gasteiger partial charge in [-0.25, -0.2) is 18.3 Å². The van der Waals surface area contributed by atoms with Crippen LogP contribution in [-0.2, 0) is 0 Å². The zero-order valence-electron chi connectivity index (χ0n) is 19.6. The largest absolute Gasteiger partial charge is 0.382 e. The van der Waals surface area contributed by atoms with Gasteiger partial charge in [-0.15, -0.1) is 0 Å². The minimum atomic E-state index is -1.45. The average molecular weight is 492 g/mol. The summed E-state index contributed by atoms with van der Waals surface area (Å²) in [4.78, 5) is 35.5. The quantitative estimate of drug-likeness (QED) is 0.453. The summed E-state index contributed by atoms with van der Waals surface area (Å²) in [5.41, 5.74) is 9.83. The topological polar surface area (TPSA) is 119 Å². The first-order chi connectivity index (χ1) is 17.2. The highest BCUT2D eigenvalue weighted by molar-refractivity contribution is 5.97. The van der Waals surface area contributed by atoms with Crippen molar-refractivity contribution in [2.24, 2.45) is 0 Å². The molecule has 9 nitrogen and oxygen atoms in total. The van der Waals surface area contributed by atoms with E-state index in [9.17, 15) is 18.4 Å². The summed E-state index contributed by atoms with van der Waals surface area (Å²) in [5.74, 6) is -1.06. The molecule has 2 amide bonds. The van der Waals surface area contributed by atoms with Crippen molar-refractivity contribution in [3.05, 3.63) is 77.1 Å². The number of hydrogen-bond acceptors (Lipinski definition) is 6. The van der Waals surface area contributed by atoms with Crippen molar-refractivity contribution in [1.29, 1.82) is 0 Å². The molecule has 184 valence electrons. The molecule has 1 saturated heterocycles. The van der Waals surface area contributed by atoms with Gasteiger partial charge >= 0.3 is 0 Å². The molecule has 0 spiro atoms. The van der Waals surface area contributed by atoms with E-state index in [1.165, 1.54) is 35.5 Å². The van der Waals surface area contributed by atoms with E-state index in [2.05, 4.69) is 20.4 Å². The molecule has 4 heterocycles. The number of aryl methyl sites for hydroxylation is 2. The van der Waals surface area contributed by atoms with Crippen molar-refractivity contribution in [2.75, 3.05) is 18.8 Å². The summed E-state index contributed by atoms with van der Waals surface area (Å²) in [6.45, 7) is 3.39. The highest BCUT2D eigenvalue weighted by Gasteiger charge is 2.37. The number of benzene rings is 1. The number of nitrogen functional groups attached to an aromatic ring is 1. The van der Waals surface area contributed by atoms with Crippen LogP contribution in [0.25, 0.3) is 16.8 Å². The third kappa shape index (κ3) is 4.12. The minimum absolute atomic E-state index is 0.00594. The number of carbonyl (C=O) groups is 2. The fourth-order valence-corrected chi connectivity index (χ4v) is 4.45. The van der Waals surface area contributed by atoms with E-state index < -0.39 is 29.8 Å². The SMILES string of the molecule is Cc1ncc(-c2cc(C)c3c(N)ncnn23)cc1C(=O)NC1CN(C(=O)c2ccc(F)cc2)C[C@H]1F. The second-order valence-electron chi connectivity index (χ2n) is 8.79. The van der Waals surface area contributed by atoms with Crippen LogP contribution in [0.5, 0.6) is 0 Å². The number of nitrogens with two attached hydrogens (primary N) is 1. The maximum Gasteiger partial charge on any atom is 0.254 e. The van der Waals surface area contributed by atoms with Crippen LogP contribution in [-0.4, -0.2) is 61.6 Å². The van der Waals surface area contributed by atoms with E-state index in [1.54, 1.807) is 23.7 Å². The highest BCUT2D eigenvalue weighted by atomic mass is 19.1. The van der Waals surface area contributed by atoms with E-state index in [-0.39, 0.29) is 24.2 Å². The number of aromatic nitrogens is 4. The van der Waals surface area contributed by atoms with Gasteiger partial charge in [-0.05, 0) is 55.8 Å². The highest BCUT2D eigenvalue weighted by Crippen LogP contribution is 2.28. The maximum absolute atomic E-state index is 14.8. The molecule has 3 aromatic heterocycles. The first-order valence-electron chi connectivity index (χ1n) is 11.3. The Morgan fingerprint density at radius 2 is 1.86 bits per heavy atom. The molecular weight excluding hydrogens is 468 g/mol. The number of rotatable bonds is 4. The van der Waals surface area contributed by atoms with Crippen molar-refractivity contribution in [2.45, 2.75) is 26.1 Å². The van der Waals surface area contributed by atoms with Crippen molar-refractivity contribution >= 4 is 23.1 Å². The maximum atomic E-state index is 14.8. The summed E-state index contributed by atoms with van der Waals surface area (Å²) in [6, 6.07) is 7.70. The average Bonchev–Trinajstić information content (AvgIpc) is 3.39. The fraction of sp³-hybridized carbons (Fsp3) is 0.240. The number of pyridine rings is 1. The Bertz CT molecular complexity index is 1490. The van der Waals surface area contributed by atoms with Gasteiger partial charge in [0.25, 0.3) is 11.8 Å². The first-order valence-corrected chi connectivity index (χ1v) is 11.3. The molecule has 1 aromatic carbocycles. The van der Waals surface area contributed by atoms with Crippen LogP contribution < -0.4 is 11.1 Å². The number of nitrogens with zero attached hydrogens (tertiary/aromatic N) is 5. The van der Waals surface area contributed by atoms with Gasteiger partial charge in [-0.1, -0.05) is 0 Å². The normalized spacial score (nSPS) is 17.5. The number of nitrogens with one attached hydrogen (secondary N) is 1. The molecular formula is C25H23F2N7O2. The Morgan fingerprint density at radius 3 is 2.61 bits per heavy atom. The Balaban J connectivity index is 1.36. The molecule has 36 heavy (non-hydrogen) atoms. The van der Waals surface area contributed by atoms with Crippen molar-refractivity contribution < 1.29 is 18.4 Å². The lowest BCUT2D eigenvalue weighted by atomic mass is 10.1. The number of amides is 2. The van der Waals surface area contributed by atoms with E-state index in [4.69, 9.17) is 5.73 Å². The Kier molecular flexibility index (Phi) is 5.83. The van der Waals surface area contributed by atoms with Crippen LogP contribution in [0, 0.1) is 19.7 Å². The van der Waals surface area contributed by atoms with E-state index in [0.717, 1.165) is 5.56 Å². The molecule has 4 aromatic rings. The van der Waals surface area contributed by atoms with Gasteiger partial charge in [-0.2, -0.15) is 5.10 Å². The lowest BCUT2D eigenvalue weighted by Gasteiger charge is -2.17. The van der Waals surface area contributed by atoms with Crippen LogP contribution in [0.15, 0.2) is 48.9 Å². The standard InChI is InChI=1S/C25H23F2N7O2/c1-13-7-21(34-22(13)23(28)30-12-31-34)16-8-18(14(2)29-9-16)24(35)32-20-11-33(10-19(20)27)25(36)15-3-5-17(26)6-4-15/h3-9,12,19-20H,10-11H2,1-2H3,(H,32,35)(H2,28,30,31)/t19-,20?/m1/s1. The van der Waals surface area contributed by atoms with Gasteiger partial charge in [0.05, 0.1) is 29.5 Å². The van der Waals surface area contributed by atoms with Crippen molar-refractivity contribution in [3.8, 4) is 11.3 Å². The van der Waals surface area contributed by atoms with Gasteiger partial charge in [0.1, 0.15) is 23.8 Å². The smallest absolute Gasteiger partial charge is 0.254 e. The van der Waals surface area contributed by atoms with Crippen molar-refractivity contribution in [1.82, 2.24) is 29.8 Å². The van der Waals surface area contributed by atoms with Crippen molar-refractivity contribution in [3.63, 3.8) is 0 Å². The minimum Gasteiger partial charge on any atom is -0.382 e. The third-order valence-electron chi connectivity index (χ3n) is 6.34. The van der Waals surface area contributed by atoms with Gasteiger partial charge in [-0.3, -0.25) is 14.6 Å². The van der Waals surface area contributed by atoms with Crippen LogP contribution in [0.4, 0.5) is 14.6 Å². The Labute approximate surface area is 205 Å². The number of likely N-dealkylation sites (tertiary alicyclic amines) is 1. The lowest BCUT2D eigenvalue weighted by molar-refractivity contribution is 0.0778. The molecule has 1 unspecified atom stereocenters. The molecule has 0 saturated carbocycles. The van der Waals surface area contributed by atoms with Gasteiger partial charge in [0.2, 0.25) is 0 Å². The monoisotopic (exact) mass is 491 g/mol. The van der Waals surface area contributed by atoms with Crippen LogP contribution >= 0.6 is 0 Å². The Hall–Kier alpha value is -4.41. The molecule has 2 atom stereocenters. The number of alkyl halides is 1. The van der Waals surface area contributed by atoms with Gasteiger partial charge < -0.3 is 16.0 Å². The zero-order chi connectivity index (χ0) is 25.6. The molecule has 1 fully saturated rings. The Morgan fingerprint density at radius 1 is 1.11 bits per heavy atom. The molecule has 0 radical (unpaired) electrons. The molecule has 3 N–H and O–H groups in total. The van der Waals surface area contributed by atoms with Crippen LogP contribution in [0.2, 0.25) is 0 Å². The molecule has 0 aliphatic carbocycles. The fourth-order valence-electron chi connectivity index (χ4n) is 4.45. The van der Waals surface area contributed by atoms with E-state index in [0.29, 0.717) is 28.3 Å². The summed E-state index contributed by atoms with van der Waals surface area (Å²) < 4.78 is 29.6. The zero-order valence-corrected chi connectivity index (χ0v) is 19.6. The van der Waals surface area contributed by atoms with Gasteiger partial charge in [0.15, 0.2) is 5.82 Å². The number of carbonyl (C=O) groups excluding carboxylic acids is 2. The number of anilines is 1. The van der Waals surface area contributed by atoms with Gasteiger partial charge in [0, 0.05) is 23.9 Å². The number of fused-ring (bicyclic) bond motifs is 1. The van der Waals surface area contributed by atoms with E-state index in [1.807, 2.05) is 13.0 Å². The molecule has 0 bridgehead atoms.